The minimum Gasteiger partial charge on any atom is -0.497 e. The van der Waals surface area contributed by atoms with Crippen molar-refractivity contribution >= 4 is 22.2 Å². The highest BCUT2D eigenvalue weighted by molar-refractivity contribution is 5.96. The summed E-state index contributed by atoms with van der Waals surface area (Å²) in [6.07, 6.45) is 6.85. The van der Waals surface area contributed by atoms with E-state index >= 15 is 0 Å². The van der Waals surface area contributed by atoms with Gasteiger partial charge in [-0.1, -0.05) is 30.3 Å². The van der Waals surface area contributed by atoms with Crippen molar-refractivity contribution in [3.63, 3.8) is 0 Å². The SMILES string of the molecule is COc1cc(F)cc(-c2ccnc3nc(-c4[nH]nc5ncc(-c6cncc(OCc7ccccc7)c6)cc45)[nH]c23)c1. The molecule has 2 aromatic carbocycles. The van der Waals surface area contributed by atoms with Crippen LogP contribution in [0.15, 0.2) is 91.5 Å². The molecule has 41 heavy (non-hydrogen) atoms. The maximum absolute atomic E-state index is 14.3. The summed E-state index contributed by atoms with van der Waals surface area (Å²) in [5.41, 5.74) is 6.50. The van der Waals surface area contributed by atoms with Crippen LogP contribution in [0, 0.1) is 5.82 Å². The number of pyridine rings is 3. The summed E-state index contributed by atoms with van der Waals surface area (Å²) in [7, 11) is 1.50. The standard InChI is InChI=1S/C31H22FN7O2/c1-40-23-10-19(9-22(32)13-23)25-7-8-34-30-27(25)36-31(37-30)28-26-12-21(15-35-29(26)39-38-28)20-11-24(16-33-14-20)41-17-18-5-3-2-4-6-18/h2-16H,17H2,1H3,(H,34,36,37)(H,35,38,39). The molecule has 7 aromatic rings. The minimum absolute atomic E-state index is 0.397. The van der Waals surface area contributed by atoms with Gasteiger partial charge in [0.25, 0.3) is 0 Å². The Kier molecular flexibility index (Phi) is 6.05. The van der Waals surface area contributed by atoms with Crippen LogP contribution in [0.1, 0.15) is 5.56 Å². The summed E-state index contributed by atoms with van der Waals surface area (Å²) in [5, 5.41) is 8.19. The fourth-order valence-electron chi connectivity index (χ4n) is 4.74. The van der Waals surface area contributed by atoms with Crippen molar-refractivity contribution in [1.29, 1.82) is 0 Å². The number of aromatic amines is 2. The number of imidazole rings is 1. The largest absolute Gasteiger partial charge is 0.497 e. The number of hydrogen-bond donors (Lipinski definition) is 2. The molecule has 0 saturated heterocycles. The molecule has 10 heteroatoms. The first-order valence-electron chi connectivity index (χ1n) is 12.8. The molecule has 0 unspecified atom stereocenters. The highest BCUT2D eigenvalue weighted by Crippen LogP contribution is 2.33. The molecule has 0 aliphatic carbocycles. The third kappa shape index (κ3) is 4.71. The lowest BCUT2D eigenvalue weighted by atomic mass is 10.1. The molecular weight excluding hydrogens is 521 g/mol. The molecular formula is C31H22FN7O2. The molecule has 200 valence electrons. The fourth-order valence-corrected chi connectivity index (χ4v) is 4.74. The van der Waals surface area contributed by atoms with E-state index in [0.717, 1.165) is 27.6 Å². The third-order valence-electron chi connectivity index (χ3n) is 6.75. The van der Waals surface area contributed by atoms with Crippen molar-refractivity contribution in [2.75, 3.05) is 7.11 Å². The van der Waals surface area contributed by atoms with Gasteiger partial charge in [-0.2, -0.15) is 5.10 Å². The number of nitrogens with zero attached hydrogens (tertiary/aromatic N) is 5. The molecule has 0 bridgehead atoms. The maximum Gasteiger partial charge on any atom is 0.181 e. The van der Waals surface area contributed by atoms with Crippen molar-refractivity contribution < 1.29 is 13.9 Å². The topological polar surface area (TPSA) is 114 Å². The van der Waals surface area contributed by atoms with Crippen molar-refractivity contribution in [3.8, 4) is 45.3 Å². The Balaban J connectivity index is 1.24. The number of methoxy groups -OCH3 is 1. The van der Waals surface area contributed by atoms with Crippen LogP contribution < -0.4 is 9.47 Å². The van der Waals surface area contributed by atoms with E-state index in [1.165, 1.54) is 19.2 Å². The van der Waals surface area contributed by atoms with Crippen molar-refractivity contribution in [2.24, 2.45) is 0 Å². The minimum atomic E-state index is -0.397. The molecule has 0 amide bonds. The average molecular weight is 544 g/mol. The highest BCUT2D eigenvalue weighted by atomic mass is 19.1. The summed E-state index contributed by atoms with van der Waals surface area (Å²) < 4.78 is 25.5. The second kappa shape index (κ2) is 10.2. The van der Waals surface area contributed by atoms with Crippen molar-refractivity contribution in [2.45, 2.75) is 6.61 Å². The molecule has 0 spiro atoms. The van der Waals surface area contributed by atoms with Crippen LogP contribution in [-0.2, 0) is 6.61 Å². The molecule has 0 aliphatic heterocycles. The normalized spacial score (nSPS) is 11.3. The predicted octanol–water partition coefficient (Wildman–Crippen LogP) is 6.35. The molecule has 0 fully saturated rings. The maximum atomic E-state index is 14.3. The molecule has 0 radical (unpaired) electrons. The zero-order valence-electron chi connectivity index (χ0n) is 21.8. The van der Waals surface area contributed by atoms with Crippen LogP contribution >= 0.6 is 0 Å². The van der Waals surface area contributed by atoms with E-state index in [9.17, 15) is 4.39 Å². The van der Waals surface area contributed by atoms with E-state index < -0.39 is 5.82 Å². The van der Waals surface area contributed by atoms with Gasteiger partial charge in [0, 0.05) is 41.3 Å². The van der Waals surface area contributed by atoms with Gasteiger partial charge in [0.15, 0.2) is 17.1 Å². The summed E-state index contributed by atoms with van der Waals surface area (Å²) in [6.45, 7) is 0.444. The number of benzene rings is 2. The second-order valence-corrected chi connectivity index (χ2v) is 9.40. The molecule has 0 saturated carbocycles. The predicted molar refractivity (Wildman–Crippen MR) is 153 cm³/mol. The first kappa shape index (κ1) is 24.4. The lowest BCUT2D eigenvalue weighted by Crippen LogP contribution is -1.96. The number of rotatable bonds is 7. The zero-order chi connectivity index (χ0) is 27.8. The molecule has 2 N–H and O–H groups in total. The second-order valence-electron chi connectivity index (χ2n) is 9.40. The van der Waals surface area contributed by atoms with Crippen molar-refractivity contribution in [1.82, 2.24) is 35.1 Å². The van der Waals surface area contributed by atoms with Gasteiger partial charge < -0.3 is 14.5 Å². The van der Waals surface area contributed by atoms with Gasteiger partial charge in [0.05, 0.1) is 24.2 Å². The quantitative estimate of drug-likeness (QED) is 0.241. The molecule has 5 aromatic heterocycles. The average Bonchev–Trinajstić information content (AvgIpc) is 3.64. The Morgan fingerprint density at radius 2 is 1.68 bits per heavy atom. The molecule has 0 atom stereocenters. The number of ether oxygens (including phenoxy) is 2. The van der Waals surface area contributed by atoms with Crippen LogP contribution in [0.5, 0.6) is 11.5 Å². The Morgan fingerprint density at radius 3 is 2.56 bits per heavy atom. The lowest BCUT2D eigenvalue weighted by molar-refractivity contribution is 0.305. The summed E-state index contributed by atoms with van der Waals surface area (Å²) in [4.78, 5) is 21.4. The van der Waals surface area contributed by atoms with E-state index in [0.29, 0.717) is 52.0 Å². The van der Waals surface area contributed by atoms with E-state index in [1.807, 2.05) is 48.5 Å². The first-order chi connectivity index (χ1) is 20.1. The van der Waals surface area contributed by atoms with Gasteiger partial charge in [-0.05, 0) is 41.5 Å². The third-order valence-corrected chi connectivity index (χ3v) is 6.75. The highest BCUT2D eigenvalue weighted by Gasteiger charge is 2.17. The summed E-state index contributed by atoms with van der Waals surface area (Å²) in [5.74, 6) is 1.21. The van der Waals surface area contributed by atoms with Gasteiger partial charge in [0.2, 0.25) is 0 Å². The van der Waals surface area contributed by atoms with Crippen LogP contribution in [0.2, 0.25) is 0 Å². The van der Waals surface area contributed by atoms with Crippen molar-refractivity contribution in [3.05, 3.63) is 103 Å². The van der Waals surface area contributed by atoms with Gasteiger partial charge in [-0.3, -0.25) is 10.1 Å². The zero-order valence-corrected chi connectivity index (χ0v) is 21.8. The Labute approximate surface area is 233 Å². The monoisotopic (exact) mass is 543 g/mol. The number of aromatic nitrogens is 7. The summed E-state index contributed by atoms with van der Waals surface area (Å²) >= 11 is 0. The fraction of sp³-hybridized carbons (Fsp3) is 0.0645. The van der Waals surface area contributed by atoms with E-state index in [1.54, 1.807) is 30.9 Å². The number of H-pyrrole nitrogens is 2. The molecule has 9 nitrogen and oxygen atoms in total. The van der Waals surface area contributed by atoms with Gasteiger partial charge >= 0.3 is 0 Å². The van der Waals surface area contributed by atoms with Gasteiger partial charge in [-0.15, -0.1) is 0 Å². The number of halogens is 1. The molecule has 0 aliphatic rings. The lowest BCUT2D eigenvalue weighted by Gasteiger charge is -2.08. The van der Waals surface area contributed by atoms with Crippen LogP contribution in [0.3, 0.4) is 0 Å². The van der Waals surface area contributed by atoms with Crippen LogP contribution in [0.25, 0.3) is 56.0 Å². The Hall–Kier alpha value is -5.64. The molecule has 7 rings (SSSR count). The summed E-state index contributed by atoms with van der Waals surface area (Å²) in [6, 6.07) is 20.2. The molecule has 5 heterocycles. The Morgan fingerprint density at radius 1 is 0.829 bits per heavy atom. The van der Waals surface area contributed by atoms with E-state index in [2.05, 4.69) is 30.1 Å². The Bertz CT molecular complexity index is 2020. The number of nitrogens with one attached hydrogen (secondary N) is 2. The van der Waals surface area contributed by atoms with Crippen LogP contribution in [0.4, 0.5) is 4.39 Å². The van der Waals surface area contributed by atoms with Gasteiger partial charge in [-0.25, -0.2) is 19.3 Å². The van der Waals surface area contributed by atoms with E-state index in [-0.39, 0.29) is 0 Å². The first-order valence-corrected chi connectivity index (χ1v) is 12.8. The van der Waals surface area contributed by atoms with E-state index in [4.69, 9.17) is 14.5 Å². The smallest absolute Gasteiger partial charge is 0.181 e. The van der Waals surface area contributed by atoms with Crippen LogP contribution in [-0.4, -0.2) is 42.2 Å². The van der Waals surface area contributed by atoms with Gasteiger partial charge in [0.1, 0.15) is 29.6 Å². The number of fused-ring (bicyclic) bond motifs is 2. The number of hydrogen-bond acceptors (Lipinski definition) is 7.